The molecule has 2 aliphatic rings. The van der Waals surface area contributed by atoms with E-state index in [0.29, 0.717) is 17.8 Å². The Morgan fingerprint density at radius 2 is 2.21 bits per heavy atom. The standard InChI is InChI=1S/C14H26N2O2S/c1-2-19-13-7-3-5-11(9-13)15-14(18)16-8-4-6-12(17)10-16/h11-13,17H,2-10H2,1H3,(H,15,18). The molecule has 0 aromatic carbocycles. The van der Waals surface area contributed by atoms with Gasteiger partial charge in [0.2, 0.25) is 0 Å². The molecule has 1 heterocycles. The van der Waals surface area contributed by atoms with Crippen molar-refractivity contribution in [1.29, 1.82) is 0 Å². The fourth-order valence-electron chi connectivity index (χ4n) is 3.07. The summed E-state index contributed by atoms with van der Waals surface area (Å²) < 4.78 is 0. The van der Waals surface area contributed by atoms with Crippen LogP contribution in [-0.4, -0.2) is 52.3 Å². The van der Waals surface area contributed by atoms with E-state index in [9.17, 15) is 9.90 Å². The molecule has 2 rings (SSSR count). The lowest BCUT2D eigenvalue weighted by molar-refractivity contribution is 0.0828. The van der Waals surface area contributed by atoms with Gasteiger partial charge in [0.25, 0.3) is 0 Å². The Morgan fingerprint density at radius 1 is 1.37 bits per heavy atom. The van der Waals surface area contributed by atoms with Crippen molar-refractivity contribution in [2.75, 3.05) is 18.8 Å². The first-order valence-corrected chi connectivity index (χ1v) is 8.59. The molecular weight excluding hydrogens is 260 g/mol. The molecule has 0 bridgehead atoms. The molecule has 4 nitrogen and oxygen atoms in total. The van der Waals surface area contributed by atoms with Crippen LogP contribution < -0.4 is 5.32 Å². The van der Waals surface area contributed by atoms with E-state index in [0.717, 1.165) is 38.0 Å². The number of amides is 2. The number of β-amino-alcohol motifs (C(OH)–C–C–N with tert-alkyl or cyclic N) is 1. The molecular formula is C14H26N2O2S. The number of nitrogens with zero attached hydrogens (tertiary/aromatic N) is 1. The number of hydrogen-bond acceptors (Lipinski definition) is 3. The van der Waals surface area contributed by atoms with Crippen LogP contribution in [-0.2, 0) is 0 Å². The maximum atomic E-state index is 12.2. The molecule has 2 N–H and O–H groups in total. The number of nitrogens with one attached hydrogen (secondary N) is 1. The number of carbonyl (C=O) groups excluding carboxylic acids is 1. The lowest BCUT2D eigenvalue weighted by atomic mass is 9.95. The fraction of sp³-hybridized carbons (Fsp3) is 0.929. The average molecular weight is 286 g/mol. The van der Waals surface area contributed by atoms with E-state index in [4.69, 9.17) is 0 Å². The maximum Gasteiger partial charge on any atom is 0.317 e. The Morgan fingerprint density at radius 3 is 2.95 bits per heavy atom. The second kappa shape index (κ2) is 7.39. The van der Waals surface area contributed by atoms with Crippen LogP contribution in [0.15, 0.2) is 0 Å². The number of rotatable bonds is 3. The van der Waals surface area contributed by atoms with Crippen molar-refractivity contribution in [1.82, 2.24) is 10.2 Å². The van der Waals surface area contributed by atoms with Gasteiger partial charge in [0.15, 0.2) is 0 Å². The van der Waals surface area contributed by atoms with Gasteiger partial charge in [0, 0.05) is 24.4 Å². The van der Waals surface area contributed by atoms with Crippen LogP contribution in [0.1, 0.15) is 45.4 Å². The molecule has 5 heteroatoms. The number of urea groups is 1. The van der Waals surface area contributed by atoms with Crippen LogP contribution >= 0.6 is 11.8 Å². The third-order valence-corrected chi connectivity index (χ3v) is 5.27. The van der Waals surface area contributed by atoms with Gasteiger partial charge in [-0.2, -0.15) is 11.8 Å². The molecule has 19 heavy (non-hydrogen) atoms. The molecule has 1 saturated heterocycles. The Kier molecular flexibility index (Phi) is 5.82. The molecule has 0 spiro atoms. The van der Waals surface area contributed by atoms with E-state index in [1.807, 2.05) is 11.8 Å². The second-order valence-electron chi connectivity index (χ2n) is 5.63. The number of thioether (sulfide) groups is 1. The predicted molar refractivity (Wildman–Crippen MR) is 79.5 cm³/mol. The monoisotopic (exact) mass is 286 g/mol. The summed E-state index contributed by atoms with van der Waals surface area (Å²) in [5.74, 6) is 1.16. The highest BCUT2D eigenvalue weighted by molar-refractivity contribution is 7.99. The molecule has 2 amide bonds. The first-order valence-electron chi connectivity index (χ1n) is 7.54. The van der Waals surface area contributed by atoms with E-state index < -0.39 is 0 Å². The summed E-state index contributed by atoms with van der Waals surface area (Å²) in [6.45, 7) is 3.47. The minimum absolute atomic E-state index is 0.0194. The first kappa shape index (κ1) is 15.0. The highest BCUT2D eigenvalue weighted by Gasteiger charge is 2.27. The maximum absolute atomic E-state index is 12.2. The zero-order valence-corrected chi connectivity index (χ0v) is 12.6. The Hall–Kier alpha value is -0.420. The summed E-state index contributed by atoms with van der Waals surface area (Å²) in [6, 6.07) is 0.343. The number of aliphatic hydroxyl groups excluding tert-OH is 1. The summed E-state index contributed by atoms with van der Waals surface area (Å²) in [7, 11) is 0. The van der Waals surface area contributed by atoms with Gasteiger partial charge in [-0.25, -0.2) is 4.79 Å². The van der Waals surface area contributed by atoms with E-state index in [1.54, 1.807) is 4.90 Å². The Balaban J connectivity index is 1.77. The molecule has 0 radical (unpaired) electrons. The van der Waals surface area contributed by atoms with E-state index >= 15 is 0 Å². The number of carbonyl (C=O) groups is 1. The third kappa shape index (κ3) is 4.56. The summed E-state index contributed by atoms with van der Waals surface area (Å²) in [5, 5.41) is 13.5. The van der Waals surface area contributed by atoms with Crippen LogP contribution in [0.4, 0.5) is 4.79 Å². The van der Waals surface area contributed by atoms with Gasteiger partial charge in [-0.3, -0.25) is 0 Å². The summed E-state index contributed by atoms with van der Waals surface area (Å²) in [4.78, 5) is 13.9. The second-order valence-corrected chi connectivity index (χ2v) is 7.21. The van der Waals surface area contributed by atoms with Gasteiger partial charge < -0.3 is 15.3 Å². The number of aliphatic hydroxyl groups is 1. The van der Waals surface area contributed by atoms with Crippen molar-refractivity contribution >= 4 is 17.8 Å². The van der Waals surface area contributed by atoms with Crippen molar-refractivity contribution in [3.8, 4) is 0 Å². The number of hydrogen-bond donors (Lipinski definition) is 2. The van der Waals surface area contributed by atoms with Gasteiger partial charge in [0.1, 0.15) is 0 Å². The fourth-order valence-corrected chi connectivity index (χ4v) is 4.24. The quantitative estimate of drug-likeness (QED) is 0.836. The van der Waals surface area contributed by atoms with Gasteiger partial charge >= 0.3 is 6.03 Å². The van der Waals surface area contributed by atoms with E-state index in [2.05, 4.69) is 12.2 Å². The lowest BCUT2D eigenvalue weighted by Gasteiger charge is -2.34. The van der Waals surface area contributed by atoms with Gasteiger partial charge in [-0.05, 0) is 37.9 Å². The molecule has 1 saturated carbocycles. The minimum Gasteiger partial charge on any atom is -0.391 e. The third-order valence-electron chi connectivity index (χ3n) is 4.04. The Bertz CT molecular complexity index is 299. The topological polar surface area (TPSA) is 52.6 Å². The summed E-state index contributed by atoms with van der Waals surface area (Å²) in [6.07, 6.45) is 6.09. The smallest absolute Gasteiger partial charge is 0.317 e. The molecule has 3 atom stereocenters. The zero-order chi connectivity index (χ0) is 13.7. The molecule has 110 valence electrons. The van der Waals surface area contributed by atoms with Crippen LogP contribution in [0.5, 0.6) is 0 Å². The average Bonchev–Trinajstić information content (AvgIpc) is 2.39. The lowest BCUT2D eigenvalue weighted by Crippen LogP contribution is -2.50. The number of likely N-dealkylation sites (tertiary alicyclic amines) is 1. The van der Waals surface area contributed by atoms with Crippen LogP contribution in [0.3, 0.4) is 0 Å². The first-order chi connectivity index (χ1) is 9.19. The molecule has 0 aromatic rings. The predicted octanol–water partition coefficient (Wildman–Crippen LogP) is 2.22. The SMILES string of the molecule is CCSC1CCCC(NC(=O)N2CCCC(O)C2)C1. The molecule has 3 unspecified atom stereocenters. The van der Waals surface area contributed by atoms with Gasteiger partial charge in [-0.15, -0.1) is 0 Å². The summed E-state index contributed by atoms with van der Waals surface area (Å²) in [5.41, 5.74) is 0. The zero-order valence-electron chi connectivity index (χ0n) is 11.8. The van der Waals surface area contributed by atoms with Gasteiger partial charge in [-0.1, -0.05) is 13.3 Å². The normalized spacial score (nSPS) is 32.1. The van der Waals surface area contributed by atoms with E-state index in [-0.39, 0.29) is 12.1 Å². The van der Waals surface area contributed by atoms with E-state index in [1.165, 1.54) is 12.8 Å². The van der Waals surface area contributed by atoms with Crippen LogP contribution in [0, 0.1) is 0 Å². The number of piperidine rings is 1. The van der Waals surface area contributed by atoms with Crippen molar-refractivity contribution < 1.29 is 9.90 Å². The van der Waals surface area contributed by atoms with Crippen molar-refractivity contribution in [2.24, 2.45) is 0 Å². The molecule has 0 aromatic heterocycles. The Labute approximate surface area is 120 Å². The highest BCUT2D eigenvalue weighted by atomic mass is 32.2. The largest absolute Gasteiger partial charge is 0.391 e. The molecule has 2 fully saturated rings. The minimum atomic E-state index is -0.339. The van der Waals surface area contributed by atoms with Crippen molar-refractivity contribution in [2.45, 2.75) is 62.8 Å². The summed E-state index contributed by atoms with van der Waals surface area (Å²) >= 11 is 2.01. The molecule has 1 aliphatic heterocycles. The molecule has 1 aliphatic carbocycles. The van der Waals surface area contributed by atoms with Crippen LogP contribution in [0.2, 0.25) is 0 Å². The van der Waals surface area contributed by atoms with Crippen molar-refractivity contribution in [3.63, 3.8) is 0 Å². The van der Waals surface area contributed by atoms with Crippen LogP contribution in [0.25, 0.3) is 0 Å². The van der Waals surface area contributed by atoms with Gasteiger partial charge in [0.05, 0.1) is 6.10 Å². The van der Waals surface area contributed by atoms with Crippen molar-refractivity contribution in [3.05, 3.63) is 0 Å². The highest BCUT2D eigenvalue weighted by Crippen LogP contribution is 2.28.